The van der Waals surface area contributed by atoms with Crippen molar-refractivity contribution in [1.29, 1.82) is 0 Å². The fourth-order valence-electron chi connectivity index (χ4n) is 5.38. The molecule has 3 N–H and O–H groups in total. The van der Waals surface area contributed by atoms with Gasteiger partial charge in [0.25, 0.3) is 0 Å². The van der Waals surface area contributed by atoms with Gasteiger partial charge in [0.1, 0.15) is 17.8 Å². The van der Waals surface area contributed by atoms with Crippen molar-refractivity contribution in [2.24, 2.45) is 11.7 Å². The van der Waals surface area contributed by atoms with Gasteiger partial charge in [0, 0.05) is 6.42 Å². The molecule has 2 atom stereocenters. The van der Waals surface area contributed by atoms with E-state index in [0.717, 1.165) is 17.8 Å². The highest BCUT2D eigenvalue weighted by atomic mass is 16.2. The molecule has 1 fully saturated rings. The number of nitrogens with two attached hydrogens (primary N) is 1. The van der Waals surface area contributed by atoms with Crippen LogP contribution in [0, 0.1) is 5.92 Å². The number of nitrogens with zero attached hydrogens (tertiary/aromatic N) is 4. The second kappa shape index (κ2) is 7.90. The van der Waals surface area contributed by atoms with Gasteiger partial charge in [0.05, 0.1) is 18.8 Å². The first-order chi connectivity index (χ1) is 16.5. The number of allylic oxidation sites excluding steroid dienone is 1. The number of guanidine groups is 1. The number of nitrogens with one attached hydrogen (secondary N) is 1. The molecule has 0 amide bonds. The van der Waals surface area contributed by atoms with Crippen LogP contribution in [-0.2, 0) is 13.0 Å². The van der Waals surface area contributed by atoms with Crippen molar-refractivity contribution in [3.63, 3.8) is 0 Å². The highest BCUT2D eigenvalue weighted by molar-refractivity contribution is 5.76. The smallest absolute Gasteiger partial charge is 0.290 e. The van der Waals surface area contributed by atoms with E-state index in [2.05, 4.69) is 22.0 Å². The lowest BCUT2D eigenvalue weighted by atomic mass is 9.91. The Morgan fingerprint density at radius 1 is 1.00 bits per heavy atom. The maximum Gasteiger partial charge on any atom is 0.352 e. The largest absolute Gasteiger partial charge is 0.352 e. The lowest BCUT2D eigenvalue weighted by Gasteiger charge is -2.38. The molecule has 1 aromatic heterocycles. The summed E-state index contributed by atoms with van der Waals surface area (Å²) in [5.41, 5.74) is 9.65. The first-order valence-electron chi connectivity index (χ1n) is 11.9. The summed E-state index contributed by atoms with van der Waals surface area (Å²) in [5, 5.41) is 3.42. The first kappa shape index (κ1) is 20.8. The van der Waals surface area contributed by atoms with Crippen LogP contribution in [0.2, 0.25) is 0 Å². The fourth-order valence-corrected chi connectivity index (χ4v) is 5.38. The summed E-state index contributed by atoms with van der Waals surface area (Å²) in [4.78, 5) is 27.3. The lowest BCUT2D eigenvalue weighted by Crippen LogP contribution is -2.59. The summed E-state index contributed by atoms with van der Waals surface area (Å²) in [6, 6.07) is 19.0. The first-order valence-corrected chi connectivity index (χ1v) is 11.9. The van der Waals surface area contributed by atoms with Gasteiger partial charge in [0.15, 0.2) is 0 Å². The van der Waals surface area contributed by atoms with Crippen LogP contribution < -0.4 is 22.4 Å². The molecule has 1 saturated carbocycles. The number of fused-ring (bicyclic) bond motifs is 3. The quantitative estimate of drug-likeness (QED) is 0.570. The normalized spacial score (nSPS) is 21.8. The molecule has 3 aliphatic rings. The minimum atomic E-state index is -0.342. The van der Waals surface area contributed by atoms with Crippen LogP contribution in [0.1, 0.15) is 31.4 Å². The zero-order valence-corrected chi connectivity index (χ0v) is 19.2. The second-order valence-corrected chi connectivity index (χ2v) is 9.64. The van der Waals surface area contributed by atoms with E-state index in [-0.39, 0.29) is 23.5 Å². The number of rotatable bonds is 5. The van der Waals surface area contributed by atoms with Gasteiger partial charge < -0.3 is 0 Å². The predicted octanol–water partition coefficient (Wildman–Crippen LogP) is 1.58. The highest BCUT2D eigenvalue weighted by Gasteiger charge is 2.46. The van der Waals surface area contributed by atoms with E-state index in [1.807, 2.05) is 43.3 Å². The molecule has 1 unspecified atom stereocenters. The van der Waals surface area contributed by atoms with E-state index in [0.29, 0.717) is 30.5 Å². The molecule has 3 heterocycles. The summed E-state index contributed by atoms with van der Waals surface area (Å²) >= 11 is 0. The van der Waals surface area contributed by atoms with Crippen LogP contribution in [0.4, 0.5) is 0 Å². The van der Waals surface area contributed by atoms with E-state index in [1.165, 1.54) is 23.0 Å². The molecule has 0 radical (unpaired) electrons. The zero-order valence-electron chi connectivity index (χ0n) is 19.2. The number of aromatic nitrogens is 3. The van der Waals surface area contributed by atoms with E-state index >= 15 is 0 Å². The molecule has 34 heavy (non-hydrogen) atoms. The van der Waals surface area contributed by atoms with Crippen LogP contribution in [0.25, 0.3) is 5.69 Å². The third-order valence-electron chi connectivity index (χ3n) is 7.26. The minimum absolute atomic E-state index is 0.0931. The Labute approximate surface area is 197 Å². The summed E-state index contributed by atoms with van der Waals surface area (Å²) < 4.78 is 6.75. The van der Waals surface area contributed by atoms with Crippen molar-refractivity contribution in [2.45, 2.75) is 44.8 Å². The van der Waals surface area contributed by atoms with Gasteiger partial charge in [-0.1, -0.05) is 48.5 Å². The maximum atomic E-state index is 13.8. The molecule has 0 bridgehead atoms. The Balaban J connectivity index is 1.55. The standard InChI is InChI=1S/C26H28N6O2/c1-17-15-30-25(33)31(20-10-6-3-7-11-20)26(34)32(30)23-21(14-18-8-4-2-5-9-18)29(16-19-12-13-19)24(27)28-22(17)23/h2-11,19,21,23H,12-16H2,1H3,(H2,27,28)/p+1/t21?,23-/m0/s1. The monoisotopic (exact) mass is 457 g/mol. The molecular formula is C26H29N6O2+. The van der Waals surface area contributed by atoms with Gasteiger partial charge in [-0.15, -0.1) is 0 Å². The molecule has 2 aromatic carbocycles. The summed E-state index contributed by atoms with van der Waals surface area (Å²) in [6.45, 7) is 3.21. The Hall–Kier alpha value is -3.81. The number of para-hydroxylation sites is 1. The van der Waals surface area contributed by atoms with Crippen molar-refractivity contribution in [3.8, 4) is 5.69 Å². The Morgan fingerprint density at radius 3 is 2.35 bits per heavy atom. The maximum absolute atomic E-state index is 13.8. The van der Waals surface area contributed by atoms with Crippen molar-refractivity contribution in [3.05, 3.63) is 98.5 Å². The number of hydrogen-bond donors (Lipinski definition) is 2. The average Bonchev–Trinajstić information content (AvgIpc) is 3.63. The molecule has 6 rings (SSSR count). The van der Waals surface area contributed by atoms with Crippen LogP contribution in [-0.4, -0.2) is 37.1 Å². The van der Waals surface area contributed by atoms with E-state index < -0.39 is 0 Å². The van der Waals surface area contributed by atoms with Crippen LogP contribution in [0.3, 0.4) is 0 Å². The zero-order chi connectivity index (χ0) is 23.4. The van der Waals surface area contributed by atoms with Crippen LogP contribution in [0.5, 0.6) is 0 Å². The Morgan fingerprint density at radius 2 is 1.68 bits per heavy atom. The summed E-state index contributed by atoms with van der Waals surface area (Å²) in [5.74, 6) is 1.24. The molecule has 0 spiro atoms. The van der Waals surface area contributed by atoms with Gasteiger partial charge >= 0.3 is 17.3 Å². The van der Waals surface area contributed by atoms with Gasteiger partial charge in [-0.3, -0.25) is 10.3 Å². The molecule has 1 aliphatic carbocycles. The van der Waals surface area contributed by atoms with Gasteiger partial charge in [-0.05, 0) is 49.0 Å². The highest BCUT2D eigenvalue weighted by Crippen LogP contribution is 2.35. The topological polar surface area (TPSA) is 90.0 Å². The van der Waals surface area contributed by atoms with E-state index in [4.69, 9.17) is 5.73 Å². The van der Waals surface area contributed by atoms with E-state index in [9.17, 15) is 9.59 Å². The van der Waals surface area contributed by atoms with Crippen molar-refractivity contribution >= 4 is 5.96 Å². The van der Waals surface area contributed by atoms with Gasteiger partial charge in [0.2, 0.25) is 0 Å². The predicted molar refractivity (Wildman–Crippen MR) is 130 cm³/mol. The third-order valence-corrected chi connectivity index (χ3v) is 7.26. The average molecular weight is 458 g/mol. The molecule has 174 valence electrons. The Kier molecular flexibility index (Phi) is 4.83. The SMILES string of the molecule is CC1=C2NC(N)=[N+](CC3CC3)C(Cc3ccccc3)[C@@H]2n2c(=O)n(-c3ccccc3)c(=O)n2C1. The number of hydrogen-bond acceptors (Lipinski definition) is 4. The molecule has 8 heteroatoms. The lowest BCUT2D eigenvalue weighted by molar-refractivity contribution is -0.580. The van der Waals surface area contributed by atoms with Crippen LogP contribution >= 0.6 is 0 Å². The molecule has 8 nitrogen and oxygen atoms in total. The molecule has 3 aromatic rings. The van der Waals surface area contributed by atoms with Gasteiger partial charge in [-0.25, -0.2) is 28.8 Å². The van der Waals surface area contributed by atoms with Gasteiger partial charge in [-0.2, -0.15) is 0 Å². The fraction of sp³-hybridized carbons (Fsp3) is 0.346. The van der Waals surface area contributed by atoms with E-state index in [1.54, 1.807) is 21.5 Å². The molecule has 0 saturated heterocycles. The van der Waals surface area contributed by atoms with Crippen molar-refractivity contribution in [1.82, 2.24) is 19.2 Å². The second-order valence-electron chi connectivity index (χ2n) is 9.64. The van der Waals surface area contributed by atoms with Crippen molar-refractivity contribution in [2.75, 3.05) is 6.54 Å². The van der Waals surface area contributed by atoms with Crippen LogP contribution in [0.15, 0.2) is 81.5 Å². The summed E-state index contributed by atoms with van der Waals surface area (Å²) in [7, 11) is 0. The Bertz CT molecular complexity index is 1420. The van der Waals surface area contributed by atoms with Crippen molar-refractivity contribution < 1.29 is 4.58 Å². The molecular weight excluding hydrogens is 428 g/mol. The molecule has 2 aliphatic heterocycles. The summed E-state index contributed by atoms with van der Waals surface area (Å²) in [6.07, 6.45) is 3.11. The number of benzene rings is 2. The third kappa shape index (κ3) is 3.32. The minimum Gasteiger partial charge on any atom is -0.290 e.